The molecule has 0 radical (unpaired) electrons. The number of aromatic nitrogens is 1. The van der Waals surface area contributed by atoms with Crippen LogP contribution in [0.15, 0.2) is 60.8 Å². The van der Waals surface area contributed by atoms with Crippen molar-refractivity contribution < 1.29 is 19.1 Å². The van der Waals surface area contributed by atoms with E-state index in [4.69, 9.17) is 4.74 Å². The van der Waals surface area contributed by atoms with Gasteiger partial charge >= 0.3 is 6.09 Å². The Hall–Kier alpha value is -3.61. The lowest BCUT2D eigenvalue weighted by molar-refractivity contribution is -0.140. The first-order valence-electron chi connectivity index (χ1n) is 10.9. The molecular weight excluding hydrogens is 406 g/mol. The lowest BCUT2D eigenvalue weighted by Crippen LogP contribution is -2.46. The Labute approximate surface area is 185 Å². The molecule has 7 nitrogen and oxygen atoms in total. The van der Waals surface area contributed by atoms with E-state index in [2.05, 4.69) is 4.98 Å². The van der Waals surface area contributed by atoms with Crippen LogP contribution in [0.1, 0.15) is 37.0 Å². The van der Waals surface area contributed by atoms with E-state index in [-0.39, 0.29) is 18.5 Å². The zero-order chi connectivity index (χ0) is 22.2. The van der Waals surface area contributed by atoms with E-state index in [1.54, 1.807) is 11.1 Å². The molecule has 1 unspecified atom stereocenters. The van der Waals surface area contributed by atoms with Crippen LogP contribution in [0, 0.1) is 5.92 Å². The predicted molar refractivity (Wildman–Crippen MR) is 118 cm³/mol. The summed E-state index contributed by atoms with van der Waals surface area (Å²) in [5, 5.41) is 0.819. The Morgan fingerprint density at radius 3 is 2.59 bits per heavy atom. The molecule has 1 aliphatic heterocycles. The van der Waals surface area contributed by atoms with Crippen LogP contribution >= 0.6 is 0 Å². The van der Waals surface area contributed by atoms with Crippen LogP contribution in [0.25, 0.3) is 10.9 Å². The number of cyclic esters (lactones) is 1. The van der Waals surface area contributed by atoms with E-state index in [9.17, 15) is 14.4 Å². The molecule has 164 valence electrons. The average molecular weight is 431 g/mol. The quantitative estimate of drug-likeness (QED) is 0.613. The number of amides is 3. The molecule has 1 saturated heterocycles. The number of rotatable bonds is 7. The molecule has 2 fully saturated rings. The van der Waals surface area contributed by atoms with Gasteiger partial charge in [-0.2, -0.15) is 0 Å². The molecule has 1 aliphatic carbocycles. The highest BCUT2D eigenvalue weighted by atomic mass is 16.6. The normalized spacial score (nSPS) is 19.3. The fraction of sp³-hybridized carbons (Fsp3) is 0.320. The third-order valence-corrected chi connectivity index (χ3v) is 6.44. The second-order valence-corrected chi connectivity index (χ2v) is 8.56. The summed E-state index contributed by atoms with van der Waals surface area (Å²) in [7, 11) is 0. The largest absolute Gasteiger partial charge is 0.431 e. The van der Waals surface area contributed by atoms with E-state index in [1.165, 1.54) is 0 Å². The van der Waals surface area contributed by atoms with Crippen molar-refractivity contribution in [3.05, 3.63) is 71.9 Å². The topological polar surface area (TPSA) is 82.7 Å². The molecule has 1 saturated carbocycles. The minimum absolute atomic E-state index is 0.0424. The Morgan fingerprint density at radius 1 is 1.12 bits per heavy atom. The van der Waals surface area contributed by atoms with Gasteiger partial charge in [0.1, 0.15) is 6.54 Å². The minimum Gasteiger partial charge on any atom is -0.431 e. The van der Waals surface area contributed by atoms with Crippen molar-refractivity contribution in [2.45, 2.75) is 38.5 Å². The summed E-state index contributed by atoms with van der Waals surface area (Å²) in [5.74, 6) is -0.298. The number of aromatic amines is 1. The molecule has 32 heavy (non-hydrogen) atoms. The molecular formula is C25H25N3O4. The van der Waals surface area contributed by atoms with Gasteiger partial charge in [-0.3, -0.25) is 9.59 Å². The molecule has 2 aromatic carbocycles. The third-order valence-electron chi connectivity index (χ3n) is 6.44. The summed E-state index contributed by atoms with van der Waals surface area (Å²) < 4.78 is 5.40. The number of hydrogen-bond acceptors (Lipinski definition) is 4. The fourth-order valence-corrected chi connectivity index (χ4v) is 4.39. The maximum Gasteiger partial charge on any atom is 0.418 e. The SMILES string of the molecule is C[C@@H](C1CC1)N(Cc1ccccc1)C(=O)CN1C(=O)OC(c2c[nH]c3ccccc23)C1=O. The molecule has 5 rings (SSSR count). The molecule has 7 heteroatoms. The standard InChI is InChI=1S/C25H25N3O4/c1-16(18-11-12-18)27(14-17-7-3-2-4-8-17)22(29)15-28-24(30)23(32-25(28)31)20-13-26-21-10-6-5-9-19(20)21/h2-10,13,16,18,23,26H,11-12,14-15H2,1H3/t16-,23?/m0/s1. The number of nitrogens with one attached hydrogen (secondary N) is 1. The van der Waals surface area contributed by atoms with E-state index >= 15 is 0 Å². The molecule has 0 spiro atoms. The molecule has 3 aromatic rings. The van der Waals surface area contributed by atoms with Gasteiger partial charge < -0.3 is 14.6 Å². The summed E-state index contributed by atoms with van der Waals surface area (Å²) in [6.45, 7) is 2.16. The summed E-state index contributed by atoms with van der Waals surface area (Å²) >= 11 is 0. The number of carbonyl (C=O) groups is 3. The highest BCUT2D eigenvalue weighted by molar-refractivity contribution is 6.05. The van der Waals surface area contributed by atoms with Gasteiger partial charge in [-0.1, -0.05) is 48.5 Å². The Bertz CT molecular complexity index is 1170. The molecule has 3 amide bonds. The lowest BCUT2D eigenvalue weighted by atomic mass is 10.1. The summed E-state index contributed by atoms with van der Waals surface area (Å²) in [6.07, 6.45) is 2.04. The number of nitrogens with zero attached hydrogens (tertiary/aromatic N) is 2. The van der Waals surface area contributed by atoms with Gasteiger partial charge in [0.25, 0.3) is 5.91 Å². The fourth-order valence-electron chi connectivity index (χ4n) is 4.39. The van der Waals surface area contributed by atoms with Crippen LogP contribution in [0.5, 0.6) is 0 Å². The number of ether oxygens (including phenoxy) is 1. The molecule has 2 atom stereocenters. The molecule has 0 bridgehead atoms. The van der Waals surface area contributed by atoms with Gasteiger partial charge in [0.15, 0.2) is 0 Å². The van der Waals surface area contributed by atoms with Crippen molar-refractivity contribution >= 4 is 28.8 Å². The van der Waals surface area contributed by atoms with E-state index in [1.807, 2.05) is 61.5 Å². The lowest BCUT2D eigenvalue weighted by Gasteiger charge is -2.30. The molecule has 1 N–H and O–H groups in total. The summed E-state index contributed by atoms with van der Waals surface area (Å²) in [4.78, 5) is 44.8. The third kappa shape index (κ3) is 3.75. The van der Waals surface area contributed by atoms with Crippen molar-refractivity contribution in [1.82, 2.24) is 14.8 Å². The van der Waals surface area contributed by atoms with E-state index in [0.29, 0.717) is 18.0 Å². The highest BCUT2D eigenvalue weighted by Gasteiger charge is 2.44. The maximum atomic E-state index is 13.3. The molecule has 2 heterocycles. The van der Waals surface area contributed by atoms with Crippen LogP contribution in [-0.4, -0.2) is 45.3 Å². The van der Waals surface area contributed by atoms with Crippen LogP contribution in [0.3, 0.4) is 0 Å². The first kappa shape index (κ1) is 20.3. The van der Waals surface area contributed by atoms with Crippen molar-refractivity contribution in [1.29, 1.82) is 0 Å². The minimum atomic E-state index is -1.05. The first-order valence-corrected chi connectivity index (χ1v) is 10.9. The van der Waals surface area contributed by atoms with Gasteiger partial charge in [-0.25, -0.2) is 9.69 Å². The van der Waals surface area contributed by atoms with Gasteiger partial charge in [0.05, 0.1) is 0 Å². The Kier molecular flexibility index (Phi) is 5.17. The number of H-pyrrole nitrogens is 1. The number of fused-ring (bicyclic) bond motifs is 1. The Morgan fingerprint density at radius 2 is 1.84 bits per heavy atom. The second-order valence-electron chi connectivity index (χ2n) is 8.56. The zero-order valence-electron chi connectivity index (χ0n) is 17.9. The summed E-state index contributed by atoms with van der Waals surface area (Å²) in [5.41, 5.74) is 2.47. The Balaban J connectivity index is 1.35. The molecule has 1 aromatic heterocycles. The van der Waals surface area contributed by atoms with Crippen molar-refractivity contribution in [2.75, 3.05) is 6.54 Å². The number of para-hydroxylation sites is 1. The number of benzene rings is 2. The van der Waals surface area contributed by atoms with E-state index < -0.39 is 18.1 Å². The molecule has 2 aliphatic rings. The van der Waals surface area contributed by atoms with Crippen LogP contribution < -0.4 is 0 Å². The number of hydrogen-bond donors (Lipinski definition) is 1. The maximum absolute atomic E-state index is 13.3. The van der Waals surface area contributed by atoms with Crippen molar-refractivity contribution in [3.63, 3.8) is 0 Å². The van der Waals surface area contributed by atoms with Gasteiger partial charge in [-0.05, 0) is 37.3 Å². The second kappa shape index (κ2) is 8.15. The highest BCUT2D eigenvalue weighted by Crippen LogP contribution is 2.36. The number of carbonyl (C=O) groups excluding carboxylic acids is 3. The first-order chi connectivity index (χ1) is 15.5. The van der Waals surface area contributed by atoms with Crippen molar-refractivity contribution in [3.8, 4) is 0 Å². The van der Waals surface area contributed by atoms with E-state index in [0.717, 1.165) is 34.2 Å². The predicted octanol–water partition coefficient (Wildman–Crippen LogP) is 4.02. The smallest absolute Gasteiger partial charge is 0.418 e. The van der Waals surface area contributed by atoms with Gasteiger partial charge in [0.2, 0.25) is 12.0 Å². The van der Waals surface area contributed by atoms with Crippen LogP contribution in [-0.2, 0) is 20.9 Å². The van der Waals surface area contributed by atoms with Crippen LogP contribution in [0.2, 0.25) is 0 Å². The summed E-state index contributed by atoms with van der Waals surface area (Å²) in [6, 6.07) is 17.3. The monoisotopic (exact) mass is 431 g/mol. The number of imide groups is 1. The van der Waals surface area contributed by atoms with Crippen molar-refractivity contribution in [2.24, 2.45) is 5.92 Å². The zero-order valence-corrected chi connectivity index (χ0v) is 17.9. The van der Waals surface area contributed by atoms with Gasteiger partial charge in [-0.15, -0.1) is 0 Å². The van der Waals surface area contributed by atoms with Crippen LogP contribution in [0.4, 0.5) is 4.79 Å². The average Bonchev–Trinajstić information content (AvgIpc) is 3.52. The van der Waals surface area contributed by atoms with Gasteiger partial charge in [0, 0.05) is 35.2 Å².